The maximum atomic E-state index is 11.6. The average molecular weight is 325 g/mol. The second-order valence-corrected chi connectivity index (χ2v) is 5.53. The summed E-state index contributed by atoms with van der Waals surface area (Å²) in [5, 5.41) is 2.61. The Labute approximate surface area is 121 Å². The lowest BCUT2D eigenvalue weighted by Gasteiger charge is -2.30. The second-order valence-electron chi connectivity index (χ2n) is 4.68. The molecule has 1 aliphatic rings. The zero-order valence-electron chi connectivity index (χ0n) is 11.3. The van der Waals surface area contributed by atoms with Crippen molar-refractivity contribution in [2.75, 3.05) is 16.8 Å². The fourth-order valence-electron chi connectivity index (χ4n) is 2.31. The van der Waals surface area contributed by atoms with E-state index in [9.17, 15) is 9.59 Å². The molecule has 0 radical (unpaired) electrons. The standard InChI is InChI=1S/C14H17BrN2O2/c1-4-8(3)17(5-2)12-7-11-9(6-10(12)15)13(18)14(19)16-11/h6-8H,4-5H2,1-3H3,(H,16,18,19). The van der Waals surface area contributed by atoms with Crippen LogP contribution in [0, 0.1) is 0 Å². The van der Waals surface area contributed by atoms with Crippen molar-refractivity contribution in [3.05, 3.63) is 22.2 Å². The second kappa shape index (κ2) is 5.33. The van der Waals surface area contributed by atoms with Gasteiger partial charge in [-0.25, -0.2) is 0 Å². The minimum Gasteiger partial charge on any atom is -0.368 e. The van der Waals surface area contributed by atoms with Gasteiger partial charge in [0, 0.05) is 17.1 Å². The number of benzene rings is 1. The first kappa shape index (κ1) is 14.1. The monoisotopic (exact) mass is 324 g/mol. The number of hydrogen-bond acceptors (Lipinski definition) is 3. The summed E-state index contributed by atoms with van der Waals surface area (Å²) >= 11 is 3.50. The average Bonchev–Trinajstić information content (AvgIpc) is 2.66. The number of fused-ring (bicyclic) bond motifs is 1. The quantitative estimate of drug-likeness (QED) is 0.865. The minimum absolute atomic E-state index is 0.396. The van der Waals surface area contributed by atoms with Gasteiger partial charge in [-0.05, 0) is 48.3 Å². The number of carbonyl (C=O) groups is 2. The fourth-order valence-corrected chi connectivity index (χ4v) is 2.89. The van der Waals surface area contributed by atoms with E-state index in [1.807, 2.05) is 6.07 Å². The van der Waals surface area contributed by atoms with Crippen LogP contribution in [0.2, 0.25) is 0 Å². The molecule has 0 spiro atoms. The van der Waals surface area contributed by atoms with Crippen molar-refractivity contribution in [1.29, 1.82) is 0 Å². The number of rotatable bonds is 4. The lowest BCUT2D eigenvalue weighted by atomic mass is 10.1. The topological polar surface area (TPSA) is 49.4 Å². The zero-order valence-corrected chi connectivity index (χ0v) is 12.9. The number of nitrogens with zero attached hydrogens (tertiary/aromatic N) is 1. The summed E-state index contributed by atoms with van der Waals surface area (Å²) in [6.45, 7) is 7.26. The summed E-state index contributed by atoms with van der Waals surface area (Å²) in [6, 6.07) is 4.00. The van der Waals surface area contributed by atoms with E-state index >= 15 is 0 Å². The molecule has 0 bridgehead atoms. The van der Waals surface area contributed by atoms with E-state index in [1.165, 1.54) is 0 Å². The molecule has 1 atom stereocenters. The lowest BCUT2D eigenvalue weighted by Crippen LogP contribution is -2.32. The summed E-state index contributed by atoms with van der Waals surface area (Å²) in [5.74, 6) is -1.01. The highest BCUT2D eigenvalue weighted by Gasteiger charge is 2.30. The van der Waals surface area contributed by atoms with Crippen LogP contribution in [0.25, 0.3) is 0 Å². The fraction of sp³-hybridized carbons (Fsp3) is 0.429. The highest BCUT2D eigenvalue weighted by Crippen LogP contribution is 2.36. The van der Waals surface area contributed by atoms with Gasteiger partial charge in [-0.2, -0.15) is 0 Å². The van der Waals surface area contributed by atoms with Crippen LogP contribution in [0.3, 0.4) is 0 Å². The van der Waals surface area contributed by atoms with Crippen molar-refractivity contribution in [2.45, 2.75) is 33.2 Å². The van der Waals surface area contributed by atoms with Crippen molar-refractivity contribution in [3.63, 3.8) is 0 Å². The van der Waals surface area contributed by atoms with E-state index < -0.39 is 11.7 Å². The van der Waals surface area contributed by atoms with E-state index in [0.29, 0.717) is 17.3 Å². The van der Waals surface area contributed by atoms with Gasteiger partial charge in [0.15, 0.2) is 0 Å². The third kappa shape index (κ3) is 2.39. The van der Waals surface area contributed by atoms with Gasteiger partial charge in [0.05, 0.1) is 16.9 Å². The van der Waals surface area contributed by atoms with E-state index in [0.717, 1.165) is 23.1 Å². The van der Waals surface area contributed by atoms with Crippen LogP contribution in [0.15, 0.2) is 16.6 Å². The molecule has 102 valence electrons. The van der Waals surface area contributed by atoms with Gasteiger partial charge in [0.2, 0.25) is 0 Å². The first-order valence-corrected chi connectivity index (χ1v) is 7.24. The van der Waals surface area contributed by atoms with Crippen LogP contribution >= 0.6 is 15.9 Å². The third-order valence-electron chi connectivity index (χ3n) is 3.56. The molecule has 0 fully saturated rings. The highest BCUT2D eigenvalue weighted by atomic mass is 79.9. The van der Waals surface area contributed by atoms with Crippen molar-refractivity contribution in [2.24, 2.45) is 0 Å². The zero-order chi connectivity index (χ0) is 14.2. The molecule has 19 heavy (non-hydrogen) atoms. The summed E-state index contributed by atoms with van der Waals surface area (Å²) in [7, 11) is 0. The molecule has 1 aromatic carbocycles. The van der Waals surface area contributed by atoms with Gasteiger partial charge in [0.1, 0.15) is 0 Å². The summed E-state index contributed by atoms with van der Waals surface area (Å²) in [6.07, 6.45) is 1.03. The molecule has 1 N–H and O–H groups in total. The van der Waals surface area contributed by atoms with Crippen LogP contribution in [-0.4, -0.2) is 24.3 Å². The predicted octanol–water partition coefficient (Wildman–Crippen LogP) is 3.21. The molecule has 0 saturated heterocycles. The van der Waals surface area contributed by atoms with Crippen molar-refractivity contribution in [1.82, 2.24) is 0 Å². The van der Waals surface area contributed by atoms with Crippen LogP contribution < -0.4 is 10.2 Å². The molecule has 1 unspecified atom stereocenters. The number of carbonyl (C=O) groups excluding carboxylic acids is 2. The molecule has 4 nitrogen and oxygen atoms in total. The van der Waals surface area contributed by atoms with Gasteiger partial charge in [-0.3, -0.25) is 9.59 Å². The van der Waals surface area contributed by atoms with Crippen molar-refractivity contribution >= 4 is 39.0 Å². The van der Waals surface area contributed by atoms with Gasteiger partial charge in [0.25, 0.3) is 11.7 Å². The summed E-state index contributed by atoms with van der Waals surface area (Å²) in [5.41, 5.74) is 2.06. The molecule has 0 saturated carbocycles. The van der Waals surface area contributed by atoms with Gasteiger partial charge < -0.3 is 10.2 Å². The number of anilines is 2. The van der Waals surface area contributed by atoms with E-state index in [-0.39, 0.29) is 0 Å². The highest BCUT2D eigenvalue weighted by molar-refractivity contribution is 9.10. The van der Waals surface area contributed by atoms with Crippen LogP contribution in [0.4, 0.5) is 11.4 Å². The van der Waals surface area contributed by atoms with E-state index in [1.54, 1.807) is 6.07 Å². The van der Waals surface area contributed by atoms with Crippen LogP contribution in [0.1, 0.15) is 37.6 Å². The number of ketones is 1. The van der Waals surface area contributed by atoms with Gasteiger partial charge in [-0.15, -0.1) is 0 Å². The Morgan fingerprint density at radius 2 is 2.00 bits per heavy atom. The number of Topliss-reactive ketones (excluding diaryl/α,β-unsaturated/α-hetero) is 1. The van der Waals surface area contributed by atoms with Gasteiger partial charge >= 0.3 is 0 Å². The largest absolute Gasteiger partial charge is 0.368 e. The van der Waals surface area contributed by atoms with Crippen LogP contribution in [-0.2, 0) is 4.79 Å². The van der Waals surface area contributed by atoms with Crippen molar-refractivity contribution in [3.8, 4) is 0 Å². The Kier molecular flexibility index (Phi) is 3.94. The molecular weight excluding hydrogens is 308 g/mol. The number of amides is 1. The number of halogens is 1. The van der Waals surface area contributed by atoms with Crippen LogP contribution in [0.5, 0.6) is 0 Å². The molecule has 2 rings (SSSR count). The molecule has 5 heteroatoms. The van der Waals surface area contributed by atoms with Gasteiger partial charge in [-0.1, -0.05) is 6.92 Å². The first-order chi connectivity index (χ1) is 8.99. The van der Waals surface area contributed by atoms with Crippen molar-refractivity contribution < 1.29 is 9.59 Å². The Morgan fingerprint density at radius 1 is 1.32 bits per heavy atom. The van der Waals surface area contributed by atoms with E-state index in [4.69, 9.17) is 0 Å². The summed E-state index contributed by atoms with van der Waals surface area (Å²) in [4.78, 5) is 25.3. The Hall–Kier alpha value is -1.36. The first-order valence-electron chi connectivity index (χ1n) is 6.45. The smallest absolute Gasteiger partial charge is 0.296 e. The molecule has 1 amide bonds. The third-order valence-corrected chi connectivity index (χ3v) is 4.19. The minimum atomic E-state index is -0.550. The normalized spacial score (nSPS) is 15.2. The Morgan fingerprint density at radius 3 is 2.58 bits per heavy atom. The molecule has 1 heterocycles. The molecule has 0 aromatic heterocycles. The maximum Gasteiger partial charge on any atom is 0.296 e. The lowest BCUT2D eigenvalue weighted by molar-refractivity contribution is -0.112. The molecule has 0 aliphatic carbocycles. The molecular formula is C14H17BrN2O2. The number of hydrogen-bond donors (Lipinski definition) is 1. The molecule has 1 aliphatic heterocycles. The number of nitrogens with one attached hydrogen (secondary N) is 1. The van der Waals surface area contributed by atoms with E-state index in [2.05, 4.69) is 46.9 Å². The summed E-state index contributed by atoms with van der Waals surface area (Å²) < 4.78 is 0.846. The SMILES string of the molecule is CCC(C)N(CC)c1cc2c(cc1Br)C(=O)C(=O)N2. The Bertz CT molecular complexity index is 542. The molecule has 1 aromatic rings. The Balaban J connectivity index is 2.47. The maximum absolute atomic E-state index is 11.6. The predicted molar refractivity (Wildman–Crippen MR) is 79.9 cm³/mol.